The highest BCUT2D eigenvalue weighted by atomic mass is 16.5. The summed E-state index contributed by atoms with van der Waals surface area (Å²) in [5.41, 5.74) is 0.316. The molecule has 1 aromatic carbocycles. The van der Waals surface area contributed by atoms with Crippen LogP contribution in [0.5, 0.6) is 5.75 Å². The first-order chi connectivity index (χ1) is 8.09. The van der Waals surface area contributed by atoms with Crippen molar-refractivity contribution in [2.75, 3.05) is 13.2 Å². The molecule has 92 valence electrons. The van der Waals surface area contributed by atoms with E-state index in [1.807, 2.05) is 6.92 Å². The lowest BCUT2D eigenvalue weighted by molar-refractivity contribution is 0.0206. The zero-order chi connectivity index (χ0) is 12.3. The molecule has 0 aliphatic carbocycles. The van der Waals surface area contributed by atoms with E-state index in [1.54, 1.807) is 12.1 Å². The molecule has 0 radical (unpaired) electrons. The van der Waals surface area contributed by atoms with Crippen LogP contribution >= 0.6 is 0 Å². The van der Waals surface area contributed by atoms with Crippen LogP contribution in [0.2, 0.25) is 0 Å². The van der Waals surface area contributed by atoms with E-state index in [2.05, 4.69) is 5.32 Å². The van der Waals surface area contributed by atoms with Crippen molar-refractivity contribution in [2.24, 2.45) is 0 Å². The molecule has 1 fully saturated rings. The molecule has 4 nitrogen and oxygen atoms in total. The number of aromatic hydroxyl groups is 1. The SMILES string of the molecule is CC1(CNC(=O)c2ccc(O)cc2)CCCO1. The van der Waals surface area contributed by atoms with Crippen LogP contribution in [-0.2, 0) is 4.74 Å². The van der Waals surface area contributed by atoms with Crippen LogP contribution in [0.1, 0.15) is 30.1 Å². The maximum absolute atomic E-state index is 11.8. The van der Waals surface area contributed by atoms with E-state index in [0.717, 1.165) is 19.4 Å². The maximum Gasteiger partial charge on any atom is 0.251 e. The van der Waals surface area contributed by atoms with Gasteiger partial charge in [-0.1, -0.05) is 0 Å². The number of nitrogens with one attached hydrogen (secondary N) is 1. The highest BCUT2D eigenvalue weighted by Gasteiger charge is 2.30. The second-order valence-corrected chi connectivity index (χ2v) is 4.63. The van der Waals surface area contributed by atoms with Crippen molar-refractivity contribution in [2.45, 2.75) is 25.4 Å². The van der Waals surface area contributed by atoms with E-state index >= 15 is 0 Å². The Balaban J connectivity index is 1.91. The van der Waals surface area contributed by atoms with Crippen molar-refractivity contribution in [1.29, 1.82) is 0 Å². The molecule has 1 aliphatic heterocycles. The average molecular weight is 235 g/mol. The standard InChI is InChI=1S/C13H17NO3/c1-13(7-2-8-17-13)9-14-12(16)10-3-5-11(15)6-4-10/h3-6,15H,2,7-9H2,1H3,(H,14,16). The number of carbonyl (C=O) groups excluding carboxylic acids is 1. The highest BCUT2D eigenvalue weighted by Crippen LogP contribution is 2.24. The van der Waals surface area contributed by atoms with Gasteiger partial charge in [0.1, 0.15) is 5.75 Å². The Hall–Kier alpha value is -1.55. The third-order valence-electron chi connectivity index (χ3n) is 3.05. The van der Waals surface area contributed by atoms with Crippen LogP contribution in [-0.4, -0.2) is 29.8 Å². The molecule has 4 heteroatoms. The van der Waals surface area contributed by atoms with Crippen LogP contribution in [0.4, 0.5) is 0 Å². The maximum atomic E-state index is 11.8. The number of hydrogen-bond acceptors (Lipinski definition) is 3. The first kappa shape index (κ1) is 11.9. The Morgan fingerprint density at radius 3 is 2.76 bits per heavy atom. The second-order valence-electron chi connectivity index (χ2n) is 4.63. The van der Waals surface area contributed by atoms with Gasteiger partial charge in [-0.05, 0) is 44.0 Å². The molecule has 0 aromatic heterocycles. The lowest BCUT2D eigenvalue weighted by Crippen LogP contribution is -2.40. The van der Waals surface area contributed by atoms with Crippen LogP contribution < -0.4 is 5.32 Å². The van der Waals surface area contributed by atoms with Gasteiger partial charge in [0.05, 0.1) is 5.60 Å². The van der Waals surface area contributed by atoms with Gasteiger partial charge in [0.15, 0.2) is 0 Å². The minimum Gasteiger partial charge on any atom is -0.508 e. The lowest BCUT2D eigenvalue weighted by atomic mass is 10.0. The summed E-state index contributed by atoms with van der Waals surface area (Å²) >= 11 is 0. The normalized spacial score (nSPS) is 23.6. The Morgan fingerprint density at radius 1 is 1.47 bits per heavy atom. The van der Waals surface area contributed by atoms with Gasteiger partial charge in [-0.15, -0.1) is 0 Å². The van der Waals surface area contributed by atoms with Gasteiger partial charge in [-0.2, -0.15) is 0 Å². The van der Waals surface area contributed by atoms with Crippen LogP contribution in [0, 0.1) is 0 Å². The summed E-state index contributed by atoms with van der Waals surface area (Å²) < 4.78 is 5.59. The monoisotopic (exact) mass is 235 g/mol. The van der Waals surface area contributed by atoms with Crippen molar-refractivity contribution in [3.05, 3.63) is 29.8 Å². The van der Waals surface area contributed by atoms with Gasteiger partial charge < -0.3 is 15.2 Å². The highest BCUT2D eigenvalue weighted by molar-refractivity contribution is 5.94. The Kier molecular flexibility index (Phi) is 3.33. The summed E-state index contributed by atoms with van der Waals surface area (Å²) in [6.07, 6.45) is 2.02. The van der Waals surface area contributed by atoms with Crippen LogP contribution in [0.25, 0.3) is 0 Å². The van der Waals surface area contributed by atoms with Crippen LogP contribution in [0.3, 0.4) is 0 Å². The van der Waals surface area contributed by atoms with Gasteiger partial charge in [0, 0.05) is 18.7 Å². The summed E-state index contributed by atoms with van der Waals surface area (Å²) in [5.74, 6) is 0.0226. The van der Waals surface area contributed by atoms with E-state index in [1.165, 1.54) is 12.1 Å². The molecule has 1 atom stereocenters. The van der Waals surface area contributed by atoms with Crippen LogP contribution in [0.15, 0.2) is 24.3 Å². The summed E-state index contributed by atoms with van der Waals surface area (Å²) in [7, 11) is 0. The lowest BCUT2D eigenvalue weighted by Gasteiger charge is -2.23. The van der Waals surface area contributed by atoms with E-state index < -0.39 is 0 Å². The predicted octanol–water partition coefficient (Wildman–Crippen LogP) is 1.69. The number of phenolic OH excluding ortho intramolecular Hbond substituents is 1. The van der Waals surface area contributed by atoms with Crippen molar-refractivity contribution in [3.63, 3.8) is 0 Å². The molecule has 1 aliphatic rings. The van der Waals surface area contributed by atoms with Gasteiger partial charge in [-0.3, -0.25) is 4.79 Å². The number of carbonyl (C=O) groups is 1. The third kappa shape index (κ3) is 2.97. The predicted molar refractivity (Wildman–Crippen MR) is 64.0 cm³/mol. The molecule has 0 spiro atoms. The second kappa shape index (κ2) is 4.75. The topological polar surface area (TPSA) is 58.6 Å². The number of hydrogen-bond donors (Lipinski definition) is 2. The van der Waals surface area contributed by atoms with E-state index in [-0.39, 0.29) is 17.3 Å². The Morgan fingerprint density at radius 2 is 2.18 bits per heavy atom. The number of rotatable bonds is 3. The zero-order valence-electron chi connectivity index (χ0n) is 9.90. The third-order valence-corrected chi connectivity index (χ3v) is 3.05. The molecule has 0 bridgehead atoms. The van der Waals surface area contributed by atoms with Crippen molar-refractivity contribution in [1.82, 2.24) is 5.32 Å². The summed E-state index contributed by atoms with van der Waals surface area (Å²) in [5, 5.41) is 12.0. The van der Waals surface area contributed by atoms with Crippen molar-refractivity contribution >= 4 is 5.91 Å². The Bertz CT molecular complexity index is 394. The van der Waals surface area contributed by atoms with Gasteiger partial charge >= 0.3 is 0 Å². The molecule has 2 N–H and O–H groups in total. The number of amides is 1. The van der Waals surface area contributed by atoms with Gasteiger partial charge in [0.25, 0.3) is 5.91 Å². The van der Waals surface area contributed by atoms with E-state index in [0.29, 0.717) is 12.1 Å². The molecular formula is C13H17NO3. The fourth-order valence-corrected chi connectivity index (χ4v) is 1.96. The molecule has 0 saturated carbocycles. The largest absolute Gasteiger partial charge is 0.508 e. The minimum absolute atomic E-state index is 0.137. The minimum atomic E-state index is -0.230. The van der Waals surface area contributed by atoms with Gasteiger partial charge in [-0.25, -0.2) is 0 Å². The first-order valence-electron chi connectivity index (χ1n) is 5.80. The quantitative estimate of drug-likeness (QED) is 0.838. The number of phenols is 1. The Labute approximate surface area is 101 Å². The zero-order valence-corrected chi connectivity index (χ0v) is 9.90. The van der Waals surface area contributed by atoms with E-state index in [9.17, 15) is 4.79 Å². The summed E-state index contributed by atoms with van der Waals surface area (Å²) in [6, 6.07) is 6.20. The fraction of sp³-hybridized carbons (Fsp3) is 0.462. The number of benzene rings is 1. The summed E-state index contributed by atoms with van der Waals surface area (Å²) in [6.45, 7) is 3.30. The molecule has 1 heterocycles. The van der Waals surface area contributed by atoms with Gasteiger partial charge in [0.2, 0.25) is 0 Å². The number of ether oxygens (including phenoxy) is 1. The van der Waals surface area contributed by atoms with Crippen molar-refractivity contribution < 1.29 is 14.6 Å². The molecule has 2 rings (SSSR count). The first-order valence-corrected chi connectivity index (χ1v) is 5.80. The fourth-order valence-electron chi connectivity index (χ4n) is 1.96. The molecule has 1 amide bonds. The summed E-state index contributed by atoms with van der Waals surface area (Å²) in [4.78, 5) is 11.8. The molecule has 1 saturated heterocycles. The van der Waals surface area contributed by atoms with Crippen molar-refractivity contribution in [3.8, 4) is 5.75 Å². The molecule has 17 heavy (non-hydrogen) atoms. The molecule has 1 unspecified atom stereocenters. The molecular weight excluding hydrogens is 218 g/mol. The average Bonchev–Trinajstić information content (AvgIpc) is 2.75. The molecule has 1 aromatic rings. The van der Waals surface area contributed by atoms with E-state index in [4.69, 9.17) is 9.84 Å². The smallest absolute Gasteiger partial charge is 0.251 e.